The summed E-state index contributed by atoms with van der Waals surface area (Å²) in [6.07, 6.45) is 4.55. The fraction of sp³-hybridized carbons (Fsp3) is 1.00. The molecule has 2 heterocycles. The molecule has 0 radical (unpaired) electrons. The van der Waals surface area contributed by atoms with Crippen LogP contribution >= 0.6 is 0 Å². The van der Waals surface area contributed by atoms with Crippen LogP contribution in [0.3, 0.4) is 0 Å². The van der Waals surface area contributed by atoms with Gasteiger partial charge in [-0.15, -0.1) is 0 Å². The Labute approximate surface area is 127 Å². The number of methoxy groups -OCH3 is 1. The van der Waals surface area contributed by atoms with E-state index in [1.807, 2.05) is 0 Å². The molecule has 3 rings (SSSR count). The van der Waals surface area contributed by atoms with Crippen molar-refractivity contribution in [1.29, 1.82) is 0 Å². The molecule has 2 aliphatic heterocycles. The molecule has 1 atom stereocenters. The summed E-state index contributed by atoms with van der Waals surface area (Å²) in [6, 6.07) is -0.0193. The van der Waals surface area contributed by atoms with Crippen LogP contribution < -0.4 is 5.73 Å². The van der Waals surface area contributed by atoms with E-state index in [1.165, 1.54) is 6.42 Å². The van der Waals surface area contributed by atoms with Gasteiger partial charge in [0.2, 0.25) is 10.0 Å². The standard InChI is InChI=1S/C14H26N2O4S/c1-19-14(5-7-20-8-6-14)11-21(17,18)16-9-12(15)13(10-16)3-2-4-13/h12H,2-11,15H2,1H3. The van der Waals surface area contributed by atoms with E-state index in [-0.39, 0.29) is 17.2 Å². The van der Waals surface area contributed by atoms with Crippen LogP contribution in [0.1, 0.15) is 32.1 Å². The Balaban J connectivity index is 1.72. The Morgan fingerprint density at radius 2 is 1.95 bits per heavy atom. The van der Waals surface area contributed by atoms with Gasteiger partial charge in [-0.3, -0.25) is 0 Å². The number of hydrogen-bond donors (Lipinski definition) is 1. The van der Waals surface area contributed by atoms with E-state index in [0.29, 0.717) is 39.1 Å². The lowest BCUT2D eigenvalue weighted by Crippen LogP contribution is -2.48. The van der Waals surface area contributed by atoms with E-state index >= 15 is 0 Å². The monoisotopic (exact) mass is 318 g/mol. The number of ether oxygens (including phenoxy) is 2. The van der Waals surface area contributed by atoms with Crippen LogP contribution in [0.5, 0.6) is 0 Å². The number of rotatable bonds is 4. The van der Waals surface area contributed by atoms with Gasteiger partial charge in [-0.2, -0.15) is 4.31 Å². The summed E-state index contributed by atoms with van der Waals surface area (Å²) in [6.45, 7) is 2.17. The molecule has 3 aliphatic rings. The van der Waals surface area contributed by atoms with Crippen molar-refractivity contribution in [3.05, 3.63) is 0 Å². The molecule has 0 bridgehead atoms. The first-order valence-electron chi connectivity index (χ1n) is 7.78. The lowest BCUT2D eigenvalue weighted by atomic mass is 9.66. The zero-order valence-corrected chi connectivity index (χ0v) is 13.5. The Morgan fingerprint density at radius 3 is 2.43 bits per heavy atom. The highest BCUT2D eigenvalue weighted by Gasteiger charge is 2.52. The Hall–Kier alpha value is -0.210. The van der Waals surface area contributed by atoms with Gasteiger partial charge in [0.1, 0.15) is 0 Å². The summed E-state index contributed by atoms with van der Waals surface area (Å²) in [7, 11) is -1.74. The summed E-state index contributed by atoms with van der Waals surface area (Å²) >= 11 is 0. The van der Waals surface area contributed by atoms with Gasteiger partial charge in [-0.05, 0) is 12.8 Å². The Kier molecular flexibility index (Phi) is 4.07. The maximum absolute atomic E-state index is 12.8. The number of nitrogens with zero attached hydrogens (tertiary/aromatic N) is 1. The van der Waals surface area contributed by atoms with Crippen molar-refractivity contribution < 1.29 is 17.9 Å². The van der Waals surface area contributed by atoms with Crippen molar-refractivity contribution in [3.8, 4) is 0 Å². The second kappa shape index (κ2) is 5.45. The number of nitrogens with two attached hydrogens (primary N) is 1. The molecule has 0 aromatic heterocycles. The molecular formula is C14H26N2O4S. The van der Waals surface area contributed by atoms with Gasteiger partial charge in [0, 0.05) is 57.7 Å². The predicted molar refractivity (Wildman–Crippen MR) is 79.4 cm³/mol. The van der Waals surface area contributed by atoms with E-state index in [0.717, 1.165) is 12.8 Å². The van der Waals surface area contributed by atoms with Gasteiger partial charge in [0.25, 0.3) is 0 Å². The highest BCUT2D eigenvalue weighted by Crippen LogP contribution is 2.48. The third kappa shape index (κ3) is 2.74. The fourth-order valence-corrected chi connectivity index (χ4v) is 5.99. The van der Waals surface area contributed by atoms with E-state index in [4.69, 9.17) is 15.2 Å². The maximum atomic E-state index is 12.8. The van der Waals surface area contributed by atoms with E-state index < -0.39 is 15.6 Å². The summed E-state index contributed by atoms with van der Waals surface area (Å²) in [5, 5.41) is 0. The first kappa shape index (κ1) is 15.7. The molecule has 1 spiro atoms. The number of hydrogen-bond acceptors (Lipinski definition) is 5. The van der Waals surface area contributed by atoms with Crippen LogP contribution in [0, 0.1) is 5.41 Å². The molecule has 2 saturated heterocycles. The van der Waals surface area contributed by atoms with Gasteiger partial charge < -0.3 is 15.2 Å². The fourth-order valence-electron chi connectivity index (χ4n) is 3.89. The average Bonchev–Trinajstić information content (AvgIpc) is 2.78. The molecule has 21 heavy (non-hydrogen) atoms. The third-order valence-corrected chi connectivity index (χ3v) is 7.66. The molecule has 1 aliphatic carbocycles. The lowest BCUT2D eigenvalue weighted by molar-refractivity contribution is -0.0754. The molecular weight excluding hydrogens is 292 g/mol. The first-order valence-corrected chi connectivity index (χ1v) is 9.39. The molecule has 0 amide bonds. The van der Waals surface area contributed by atoms with Crippen molar-refractivity contribution in [2.24, 2.45) is 11.1 Å². The second-order valence-corrected chi connectivity index (χ2v) is 8.84. The predicted octanol–water partition coefficient (Wildman–Crippen LogP) is 0.325. The van der Waals surface area contributed by atoms with Gasteiger partial charge in [0.05, 0.1) is 11.4 Å². The summed E-state index contributed by atoms with van der Waals surface area (Å²) < 4.78 is 38.1. The normalized spacial score (nSPS) is 32.2. The second-order valence-electron chi connectivity index (χ2n) is 6.87. The number of sulfonamides is 1. The van der Waals surface area contributed by atoms with Crippen molar-refractivity contribution in [1.82, 2.24) is 4.31 Å². The SMILES string of the molecule is COC1(CS(=O)(=O)N2CC(N)C3(CCC3)C2)CCOCC1. The van der Waals surface area contributed by atoms with Crippen LogP contribution in [-0.2, 0) is 19.5 Å². The Morgan fingerprint density at radius 1 is 1.29 bits per heavy atom. The van der Waals surface area contributed by atoms with Crippen LogP contribution in [0.4, 0.5) is 0 Å². The Bertz CT molecular complexity index is 483. The molecule has 7 heteroatoms. The molecule has 2 N–H and O–H groups in total. The third-order valence-electron chi connectivity index (χ3n) is 5.70. The van der Waals surface area contributed by atoms with Crippen LogP contribution in [-0.4, -0.2) is 63.5 Å². The highest BCUT2D eigenvalue weighted by molar-refractivity contribution is 7.89. The summed E-state index contributed by atoms with van der Waals surface area (Å²) in [4.78, 5) is 0. The van der Waals surface area contributed by atoms with Gasteiger partial charge in [0.15, 0.2) is 0 Å². The smallest absolute Gasteiger partial charge is 0.217 e. The molecule has 0 aromatic rings. The maximum Gasteiger partial charge on any atom is 0.217 e. The quantitative estimate of drug-likeness (QED) is 0.807. The summed E-state index contributed by atoms with van der Waals surface area (Å²) in [5.74, 6) is 0.0443. The first-order chi connectivity index (χ1) is 9.91. The van der Waals surface area contributed by atoms with Crippen molar-refractivity contribution >= 4 is 10.0 Å². The van der Waals surface area contributed by atoms with Crippen LogP contribution in [0.15, 0.2) is 0 Å². The minimum absolute atomic E-state index is 0.0193. The van der Waals surface area contributed by atoms with Crippen LogP contribution in [0.2, 0.25) is 0 Å². The van der Waals surface area contributed by atoms with Crippen molar-refractivity contribution in [2.75, 3.05) is 39.2 Å². The zero-order chi connectivity index (χ0) is 15.1. The molecule has 1 unspecified atom stereocenters. The average molecular weight is 318 g/mol. The van der Waals surface area contributed by atoms with Gasteiger partial charge in [-0.1, -0.05) is 6.42 Å². The van der Waals surface area contributed by atoms with Gasteiger partial charge in [-0.25, -0.2) is 8.42 Å². The topological polar surface area (TPSA) is 81.9 Å². The van der Waals surface area contributed by atoms with Crippen molar-refractivity contribution in [2.45, 2.75) is 43.7 Å². The van der Waals surface area contributed by atoms with E-state index in [2.05, 4.69) is 0 Å². The summed E-state index contributed by atoms with van der Waals surface area (Å²) in [5.41, 5.74) is 5.65. The molecule has 0 aromatic carbocycles. The minimum atomic E-state index is -3.34. The lowest BCUT2D eigenvalue weighted by Gasteiger charge is -2.41. The minimum Gasteiger partial charge on any atom is -0.381 e. The van der Waals surface area contributed by atoms with Crippen molar-refractivity contribution in [3.63, 3.8) is 0 Å². The molecule has 122 valence electrons. The zero-order valence-electron chi connectivity index (χ0n) is 12.7. The van der Waals surface area contributed by atoms with E-state index in [9.17, 15) is 8.42 Å². The molecule has 6 nitrogen and oxygen atoms in total. The van der Waals surface area contributed by atoms with Crippen LogP contribution in [0.25, 0.3) is 0 Å². The molecule has 1 saturated carbocycles. The highest BCUT2D eigenvalue weighted by atomic mass is 32.2. The molecule has 3 fully saturated rings. The van der Waals surface area contributed by atoms with E-state index in [1.54, 1.807) is 11.4 Å². The van der Waals surface area contributed by atoms with Gasteiger partial charge >= 0.3 is 0 Å². The largest absolute Gasteiger partial charge is 0.381 e.